The lowest BCUT2D eigenvalue weighted by molar-refractivity contribution is 0.179. The number of benzene rings is 2. The van der Waals surface area contributed by atoms with Crippen molar-refractivity contribution in [2.45, 2.75) is 12.5 Å². The highest BCUT2D eigenvalue weighted by Crippen LogP contribution is 2.34. The van der Waals surface area contributed by atoms with E-state index in [1.54, 1.807) is 24.5 Å². The van der Waals surface area contributed by atoms with Gasteiger partial charge in [0.05, 0.1) is 13.2 Å². The molecule has 3 rings (SSSR count). The first-order valence-corrected chi connectivity index (χ1v) is 7.91. The predicted octanol–water partition coefficient (Wildman–Crippen LogP) is 4.84. The molecule has 1 aromatic heterocycles. The molecule has 4 heteroatoms. The third-order valence-corrected chi connectivity index (χ3v) is 4.74. The summed E-state index contributed by atoms with van der Waals surface area (Å²) in [6, 6.07) is 13.6. The van der Waals surface area contributed by atoms with E-state index in [1.807, 2.05) is 35.7 Å². The highest BCUT2D eigenvalue weighted by Gasteiger charge is 2.16. The summed E-state index contributed by atoms with van der Waals surface area (Å²) in [5, 5.41) is 14.4. The third kappa shape index (κ3) is 2.91. The van der Waals surface area contributed by atoms with Crippen LogP contribution in [-0.4, -0.2) is 12.2 Å². The van der Waals surface area contributed by atoms with Crippen LogP contribution in [0.15, 0.2) is 47.8 Å². The second-order valence-electron chi connectivity index (χ2n) is 4.86. The molecule has 0 aliphatic rings. The lowest BCUT2D eigenvalue weighted by Gasteiger charge is -2.13. The van der Waals surface area contributed by atoms with E-state index < -0.39 is 6.10 Å². The van der Waals surface area contributed by atoms with Crippen molar-refractivity contribution in [3.8, 4) is 5.75 Å². The smallest absolute Gasteiger partial charge is 0.122 e. The first-order valence-electron chi connectivity index (χ1n) is 6.65. The van der Waals surface area contributed by atoms with Crippen LogP contribution in [0.25, 0.3) is 10.1 Å². The summed E-state index contributed by atoms with van der Waals surface area (Å²) < 4.78 is 6.52. The van der Waals surface area contributed by atoms with E-state index in [9.17, 15) is 5.11 Å². The molecule has 0 aliphatic heterocycles. The fourth-order valence-electron chi connectivity index (χ4n) is 2.48. The molecule has 3 aromatic rings. The maximum atomic E-state index is 10.6. The average molecular weight is 319 g/mol. The van der Waals surface area contributed by atoms with Gasteiger partial charge in [0.2, 0.25) is 0 Å². The number of aliphatic hydroxyl groups excluding tert-OH is 1. The number of hydrogen-bond acceptors (Lipinski definition) is 3. The molecule has 1 heterocycles. The average Bonchev–Trinajstić information content (AvgIpc) is 2.91. The number of ether oxygens (including phenoxy) is 1. The minimum absolute atomic E-state index is 0.477. The zero-order valence-electron chi connectivity index (χ0n) is 11.5. The molecule has 21 heavy (non-hydrogen) atoms. The minimum atomic E-state index is -0.575. The van der Waals surface area contributed by atoms with Crippen LogP contribution in [-0.2, 0) is 6.42 Å². The molecule has 1 unspecified atom stereocenters. The first-order chi connectivity index (χ1) is 10.2. The number of aliphatic hydroxyl groups is 1. The fraction of sp³-hybridized carbons (Fsp3) is 0.176. The Morgan fingerprint density at radius 2 is 2.05 bits per heavy atom. The summed E-state index contributed by atoms with van der Waals surface area (Å²) in [5.41, 5.74) is 1.87. The zero-order chi connectivity index (χ0) is 14.8. The lowest BCUT2D eigenvalue weighted by atomic mass is 10.0. The standard InChI is InChI=1S/C17H15ClO2S/c1-20-16-7-6-12(18)8-11(16)9-15(19)14-10-21-17-5-3-2-4-13(14)17/h2-8,10,15,19H,9H2,1H3. The van der Waals surface area contributed by atoms with Crippen molar-refractivity contribution in [1.82, 2.24) is 0 Å². The maximum Gasteiger partial charge on any atom is 0.122 e. The number of methoxy groups -OCH3 is 1. The van der Waals surface area contributed by atoms with E-state index in [1.165, 1.54) is 4.70 Å². The Labute approximate surface area is 132 Å². The SMILES string of the molecule is COc1ccc(Cl)cc1CC(O)c1csc2ccccc12. The Balaban J connectivity index is 1.93. The van der Waals surface area contributed by atoms with Crippen molar-refractivity contribution in [2.24, 2.45) is 0 Å². The number of halogens is 1. The van der Waals surface area contributed by atoms with Crippen molar-refractivity contribution in [3.05, 3.63) is 64.0 Å². The minimum Gasteiger partial charge on any atom is -0.496 e. The van der Waals surface area contributed by atoms with Gasteiger partial charge in [-0.3, -0.25) is 0 Å². The molecule has 2 aromatic carbocycles. The van der Waals surface area contributed by atoms with Gasteiger partial charge in [0, 0.05) is 16.1 Å². The molecule has 1 atom stereocenters. The molecule has 0 fully saturated rings. The van der Waals surface area contributed by atoms with Crippen molar-refractivity contribution >= 4 is 33.0 Å². The summed E-state index contributed by atoms with van der Waals surface area (Å²) >= 11 is 7.69. The van der Waals surface area contributed by atoms with Crippen molar-refractivity contribution in [3.63, 3.8) is 0 Å². The van der Waals surface area contributed by atoms with Gasteiger partial charge >= 0.3 is 0 Å². The number of hydrogen-bond donors (Lipinski definition) is 1. The quantitative estimate of drug-likeness (QED) is 0.746. The second kappa shape index (κ2) is 6.06. The van der Waals surface area contributed by atoms with E-state index in [2.05, 4.69) is 6.07 Å². The number of rotatable bonds is 4. The van der Waals surface area contributed by atoms with Gasteiger partial charge in [-0.25, -0.2) is 0 Å². The van der Waals surface area contributed by atoms with Gasteiger partial charge in [0.25, 0.3) is 0 Å². The molecular formula is C17H15ClO2S. The van der Waals surface area contributed by atoms with E-state index in [4.69, 9.17) is 16.3 Å². The Morgan fingerprint density at radius 1 is 1.24 bits per heavy atom. The lowest BCUT2D eigenvalue weighted by Crippen LogP contribution is -2.03. The normalized spacial score (nSPS) is 12.5. The van der Waals surface area contributed by atoms with Crippen LogP contribution in [0.5, 0.6) is 5.75 Å². The summed E-state index contributed by atoms with van der Waals surface area (Å²) in [6.07, 6.45) is -0.0988. The maximum absolute atomic E-state index is 10.6. The second-order valence-corrected chi connectivity index (χ2v) is 6.21. The molecule has 0 amide bonds. The highest BCUT2D eigenvalue weighted by atomic mass is 35.5. The largest absolute Gasteiger partial charge is 0.496 e. The van der Waals surface area contributed by atoms with Crippen LogP contribution in [0.3, 0.4) is 0 Å². The molecule has 0 saturated heterocycles. The molecule has 1 N–H and O–H groups in total. The molecule has 0 radical (unpaired) electrons. The van der Waals surface area contributed by atoms with Crippen LogP contribution in [0.4, 0.5) is 0 Å². The van der Waals surface area contributed by atoms with Crippen LogP contribution < -0.4 is 4.74 Å². The Hall–Kier alpha value is -1.55. The molecule has 0 bridgehead atoms. The molecule has 2 nitrogen and oxygen atoms in total. The Kier molecular flexibility index (Phi) is 4.15. The molecule has 108 valence electrons. The molecule has 0 saturated carbocycles. The number of fused-ring (bicyclic) bond motifs is 1. The van der Waals surface area contributed by atoms with Crippen LogP contribution in [0.1, 0.15) is 17.2 Å². The number of thiophene rings is 1. The van der Waals surface area contributed by atoms with Gasteiger partial charge in [-0.05, 0) is 46.2 Å². The molecule has 0 aliphatic carbocycles. The summed E-state index contributed by atoms with van der Waals surface area (Å²) in [4.78, 5) is 0. The molecular weight excluding hydrogens is 304 g/mol. The molecule has 0 spiro atoms. The van der Waals surface area contributed by atoms with Gasteiger partial charge in [-0.1, -0.05) is 29.8 Å². The Morgan fingerprint density at radius 3 is 2.86 bits per heavy atom. The Bertz CT molecular complexity index is 766. The highest BCUT2D eigenvalue weighted by molar-refractivity contribution is 7.17. The van der Waals surface area contributed by atoms with Crippen LogP contribution >= 0.6 is 22.9 Å². The van der Waals surface area contributed by atoms with Gasteiger partial charge < -0.3 is 9.84 Å². The summed E-state index contributed by atoms with van der Waals surface area (Å²) in [7, 11) is 1.62. The topological polar surface area (TPSA) is 29.5 Å². The van der Waals surface area contributed by atoms with Gasteiger partial charge in [0.1, 0.15) is 5.75 Å². The van der Waals surface area contributed by atoms with Gasteiger partial charge in [-0.15, -0.1) is 11.3 Å². The third-order valence-electron chi connectivity index (χ3n) is 3.53. The van der Waals surface area contributed by atoms with Crippen LogP contribution in [0.2, 0.25) is 5.02 Å². The van der Waals surface area contributed by atoms with Crippen molar-refractivity contribution in [2.75, 3.05) is 7.11 Å². The predicted molar refractivity (Wildman–Crippen MR) is 88.5 cm³/mol. The van der Waals surface area contributed by atoms with E-state index in [0.29, 0.717) is 11.4 Å². The summed E-state index contributed by atoms with van der Waals surface area (Å²) in [5.74, 6) is 0.748. The van der Waals surface area contributed by atoms with Crippen molar-refractivity contribution in [1.29, 1.82) is 0 Å². The van der Waals surface area contributed by atoms with Crippen LogP contribution in [0, 0.1) is 0 Å². The van der Waals surface area contributed by atoms with Gasteiger partial charge in [-0.2, -0.15) is 0 Å². The first kappa shape index (κ1) is 14.4. The zero-order valence-corrected chi connectivity index (χ0v) is 13.1. The van der Waals surface area contributed by atoms with E-state index >= 15 is 0 Å². The van der Waals surface area contributed by atoms with E-state index in [-0.39, 0.29) is 0 Å². The van der Waals surface area contributed by atoms with Gasteiger partial charge in [0.15, 0.2) is 0 Å². The fourth-order valence-corrected chi connectivity index (χ4v) is 3.68. The monoisotopic (exact) mass is 318 g/mol. The van der Waals surface area contributed by atoms with Crippen molar-refractivity contribution < 1.29 is 9.84 Å². The summed E-state index contributed by atoms with van der Waals surface area (Å²) in [6.45, 7) is 0. The van der Waals surface area contributed by atoms with E-state index in [0.717, 1.165) is 22.3 Å².